The number of furan rings is 1. The summed E-state index contributed by atoms with van der Waals surface area (Å²) in [6.45, 7) is 3.47. The quantitative estimate of drug-likeness (QED) is 0.601. The van der Waals surface area contributed by atoms with Crippen LogP contribution in [0.1, 0.15) is 35.3 Å². The van der Waals surface area contributed by atoms with Gasteiger partial charge in [0.05, 0.1) is 4.90 Å². The lowest BCUT2D eigenvalue weighted by Crippen LogP contribution is -2.24. The van der Waals surface area contributed by atoms with E-state index in [1.165, 1.54) is 25.7 Å². The molecule has 1 aliphatic carbocycles. The van der Waals surface area contributed by atoms with E-state index in [0.29, 0.717) is 11.4 Å². The van der Waals surface area contributed by atoms with Crippen LogP contribution in [0.2, 0.25) is 0 Å². The molecule has 0 fully saturated rings. The molecule has 1 aromatic heterocycles. The number of amides is 1. The highest BCUT2D eigenvalue weighted by Gasteiger charge is 2.21. The van der Waals surface area contributed by atoms with E-state index in [1.54, 1.807) is 12.1 Å². The first-order valence-corrected chi connectivity index (χ1v) is 12.1. The van der Waals surface area contributed by atoms with Gasteiger partial charge in [0.25, 0.3) is 5.91 Å². The number of nitrogens with zero attached hydrogens (tertiary/aromatic N) is 1. The van der Waals surface area contributed by atoms with Crippen LogP contribution in [0.15, 0.2) is 39.6 Å². The van der Waals surface area contributed by atoms with Crippen molar-refractivity contribution in [2.75, 3.05) is 26.0 Å². The molecule has 7 nitrogen and oxygen atoms in total. The zero-order valence-corrected chi connectivity index (χ0v) is 19.6. The number of ether oxygens (including phenoxy) is 1. The molecule has 0 unspecified atom stereocenters. The molecule has 2 aromatic carbocycles. The van der Waals surface area contributed by atoms with Gasteiger partial charge in [-0.05, 0) is 74.6 Å². The van der Waals surface area contributed by atoms with Crippen molar-refractivity contribution in [2.45, 2.75) is 44.4 Å². The second-order valence-corrected chi connectivity index (χ2v) is 10.6. The van der Waals surface area contributed by atoms with Gasteiger partial charge in [0.15, 0.2) is 6.61 Å². The van der Waals surface area contributed by atoms with Gasteiger partial charge in [0.2, 0.25) is 10.0 Å². The fourth-order valence-electron chi connectivity index (χ4n) is 3.98. The normalized spacial score (nSPS) is 13.9. The Morgan fingerprint density at radius 1 is 1.12 bits per heavy atom. The Morgan fingerprint density at radius 3 is 2.62 bits per heavy atom. The molecule has 0 atom stereocenters. The van der Waals surface area contributed by atoms with E-state index in [4.69, 9.17) is 9.15 Å². The minimum Gasteiger partial charge on any atom is -0.484 e. The number of sulfonamides is 1. The third kappa shape index (κ3) is 4.25. The van der Waals surface area contributed by atoms with E-state index in [2.05, 4.69) is 5.32 Å². The van der Waals surface area contributed by atoms with Crippen molar-refractivity contribution in [1.82, 2.24) is 4.31 Å². The number of fused-ring (bicyclic) bond motifs is 3. The second kappa shape index (κ2) is 8.60. The van der Waals surface area contributed by atoms with Crippen LogP contribution in [0, 0.1) is 13.8 Å². The van der Waals surface area contributed by atoms with E-state index < -0.39 is 10.0 Å². The summed E-state index contributed by atoms with van der Waals surface area (Å²) < 4.78 is 37.9. The Kier molecular flexibility index (Phi) is 6.01. The van der Waals surface area contributed by atoms with E-state index in [0.717, 1.165) is 57.8 Å². The van der Waals surface area contributed by atoms with Crippen LogP contribution in [-0.2, 0) is 27.7 Å². The zero-order valence-electron chi connectivity index (χ0n) is 18.8. The number of nitrogens with one attached hydrogen (secondary N) is 1. The zero-order chi connectivity index (χ0) is 23.0. The Hall–Kier alpha value is -2.84. The van der Waals surface area contributed by atoms with Gasteiger partial charge in [0, 0.05) is 37.2 Å². The van der Waals surface area contributed by atoms with Crippen molar-refractivity contribution < 1.29 is 22.4 Å². The van der Waals surface area contributed by atoms with Crippen LogP contribution >= 0.6 is 0 Å². The molecule has 3 aromatic rings. The fraction of sp³-hybridized carbons (Fsp3) is 0.375. The molecular formula is C24H28N2O5S. The van der Waals surface area contributed by atoms with Crippen LogP contribution in [0.5, 0.6) is 5.75 Å². The van der Waals surface area contributed by atoms with Crippen LogP contribution < -0.4 is 10.1 Å². The summed E-state index contributed by atoms with van der Waals surface area (Å²) >= 11 is 0. The number of carbonyl (C=O) groups excluding carboxylic acids is 1. The maximum atomic E-state index is 12.6. The van der Waals surface area contributed by atoms with Gasteiger partial charge in [-0.25, -0.2) is 12.7 Å². The molecule has 1 heterocycles. The molecule has 0 radical (unpaired) electrons. The van der Waals surface area contributed by atoms with Crippen molar-refractivity contribution in [2.24, 2.45) is 0 Å². The number of rotatable bonds is 6. The highest BCUT2D eigenvalue weighted by Crippen LogP contribution is 2.34. The molecule has 4 rings (SSSR count). The van der Waals surface area contributed by atoms with Crippen molar-refractivity contribution in [1.29, 1.82) is 0 Å². The van der Waals surface area contributed by atoms with Crippen LogP contribution in [-0.4, -0.2) is 39.3 Å². The molecule has 32 heavy (non-hydrogen) atoms. The summed E-state index contributed by atoms with van der Waals surface area (Å²) in [5.74, 6) is 1.29. The first-order valence-electron chi connectivity index (χ1n) is 10.7. The molecule has 8 heteroatoms. The van der Waals surface area contributed by atoms with Crippen LogP contribution in [0.25, 0.3) is 11.0 Å². The molecule has 1 amide bonds. The monoisotopic (exact) mass is 456 g/mol. The standard InChI is InChI=1S/C24H28N2O5S/c1-15-11-18(32(28,29)26(3)4)13-21(16(15)2)25-24(27)14-30-17-9-10-23-20(12-17)19-7-5-6-8-22(19)31-23/h9-13H,5-8,14H2,1-4H3,(H,25,27). The summed E-state index contributed by atoms with van der Waals surface area (Å²) in [5, 5.41) is 3.84. The minimum atomic E-state index is -3.61. The number of aryl methyl sites for hydroxylation is 3. The van der Waals surface area contributed by atoms with Gasteiger partial charge in [-0.15, -0.1) is 0 Å². The maximum Gasteiger partial charge on any atom is 0.262 e. The molecule has 0 bridgehead atoms. The van der Waals surface area contributed by atoms with Gasteiger partial charge in [-0.2, -0.15) is 0 Å². The van der Waals surface area contributed by atoms with E-state index in [9.17, 15) is 13.2 Å². The average Bonchev–Trinajstić information content (AvgIpc) is 3.13. The fourth-order valence-corrected chi connectivity index (χ4v) is 5.00. The summed E-state index contributed by atoms with van der Waals surface area (Å²) in [4.78, 5) is 12.7. The Labute approximate surface area is 188 Å². The SMILES string of the molecule is Cc1cc(S(=O)(=O)N(C)C)cc(NC(=O)COc2ccc3oc4c(c3c2)CCCC4)c1C. The smallest absolute Gasteiger partial charge is 0.262 e. The lowest BCUT2D eigenvalue weighted by atomic mass is 9.96. The van der Waals surface area contributed by atoms with Gasteiger partial charge < -0.3 is 14.5 Å². The van der Waals surface area contributed by atoms with Crippen molar-refractivity contribution in [3.05, 3.63) is 52.8 Å². The summed E-state index contributed by atoms with van der Waals surface area (Å²) in [6, 6.07) is 8.70. The number of hydrogen-bond acceptors (Lipinski definition) is 5. The summed E-state index contributed by atoms with van der Waals surface area (Å²) in [5.41, 5.74) is 4.13. The highest BCUT2D eigenvalue weighted by atomic mass is 32.2. The van der Waals surface area contributed by atoms with E-state index in [1.807, 2.05) is 26.0 Å². The van der Waals surface area contributed by atoms with Gasteiger partial charge in [-0.1, -0.05) is 0 Å². The first-order chi connectivity index (χ1) is 15.2. The second-order valence-electron chi connectivity index (χ2n) is 8.41. The maximum absolute atomic E-state index is 12.6. The molecule has 0 saturated heterocycles. The average molecular weight is 457 g/mol. The number of hydrogen-bond donors (Lipinski definition) is 1. The minimum absolute atomic E-state index is 0.136. The van der Waals surface area contributed by atoms with Gasteiger partial charge in [-0.3, -0.25) is 4.79 Å². The van der Waals surface area contributed by atoms with Crippen molar-refractivity contribution in [3.63, 3.8) is 0 Å². The van der Waals surface area contributed by atoms with E-state index >= 15 is 0 Å². The predicted octanol–water partition coefficient (Wildman–Crippen LogP) is 4.20. The molecule has 170 valence electrons. The number of benzene rings is 2. The first kappa shape index (κ1) is 22.4. The largest absolute Gasteiger partial charge is 0.484 e. The Morgan fingerprint density at radius 2 is 1.88 bits per heavy atom. The van der Waals surface area contributed by atoms with E-state index in [-0.39, 0.29) is 17.4 Å². The highest BCUT2D eigenvalue weighted by molar-refractivity contribution is 7.89. The predicted molar refractivity (Wildman–Crippen MR) is 124 cm³/mol. The Balaban J connectivity index is 1.49. The molecule has 0 aliphatic heterocycles. The van der Waals surface area contributed by atoms with Crippen LogP contribution in [0.3, 0.4) is 0 Å². The lowest BCUT2D eigenvalue weighted by Gasteiger charge is -2.16. The summed E-state index contributed by atoms with van der Waals surface area (Å²) in [6.07, 6.45) is 4.25. The third-order valence-electron chi connectivity index (χ3n) is 5.99. The molecular weight excluding hydrogens is 428 g/mol. The van der Waals surface area contributed by atoms with Crippen LogP contribution in [0.4, 0.5) is 5.69 Å². The number of anilines is 1. The third-order valence-corrected chi connectivity index (χ3v) is 7.78. The molecule has 1 N–H and O–H groups in total. The molecule has 0 spiro atoms. The van der Waals surface area contributed by atoms with Crippen molar-refractivity contribution >= 4 is 32.6 Å². The topological polar surface area (TPSA) is 88.9 Å². The lowest BCUT2D eigenvalue weighted by molar-refractivity contribution is -0.118. The Bertz CT molecular complexity index is 1290. The summed E-state index contributed by atoms with van der Waals surface area (Å²) in [7, 11) is -0.657. The molecule has 0 saturated carbocycles. The van der Waals surface area contributed by atoms with Crippen molar-refractivity contribution in [3.8, 4) is 5.75 Å². The van der Waals surface area contributed by atoms with Gasteiger partial charge in [0.1, 0.15) is 17.1 Å². The molecule has 1 aliphatic rings. The van der Waals surface area contributed by atoms with Gasteiger partial charge >= 0.3 is 0 Å². The number of carbonyl (C=O) groups is 1.